The Bertz CT molecular complexity index is 327. The molecule has 2 rings (SSSR count). The second kappa shape index (κ2) is 5.08. The van der Waals surface area contributed by atoms with Gasteiger partial charge in [-0.25, -0.2) is 0 Å². The maximum Gasteiger partial charge on any atom is 0.226 e. The van der Waals surface area contributed by atoms with Crippen LogP contribution in [0, 0.1) is 16.7 Å². The number of nitrogens with zero attached hydrogens (tertiary/aromatic N) is 1. The minimum Gasteiger partial charge on any atom is -0.342 e. The third-order valence-corrected chi connectivity index (χ3v) is 5.76. The van der Waals surface area contributed by atoms with E-state index in [1.807, 2.05) is 0 Å². The number of piperidine rings is 1. The lowest BCUT2D eigenvalue weighted by Gasteiger charge is -2.33. The van der Waals surface area contributed by atoms with Crippen LogP contribution in [-0.2, 0) is 4.79 Å². The number of nitrogens with one attached hydrogen (secondary N) is 1. The van der Waals surface area contributed by atoms with Gasteiger partial charge in [0.1, 0.15) is 0 Å². The van der Waals surface area contributed by atoms with Crippen molar-refractivity contribution in [1.29, 1.82) is 0 Å². The number of amides is 1. The molecule has 2 fully saturated rings. The largest absolute Gasteiger partial charge is 0.342 e. The van der Waals surface area contributed by atoms with Gasteiger partial charge < -0.3 is 10.2 Å². The molecule has 0 aromatic rings. The Morgan fingerprint density at radius 3 is 2.11 bits per heavy atom. The molecule has 19 heavy (non-hydrogen) atoms. The summed E-state index contributed by atoms with van der Waals surface area (Å²) in [6.45, 7) is 14.1. The molecule has 0 bridgehead atoms. The molecule has 1 aliphatic heterocycles. The van der Waals surface area contributed by atoms with Crippen LogP contribution in [0.15, 0.2) is 0 Å². The predicted octanol–water partition coefficient (Wildman–Crippen LogP) is 2.66. The van der Waals surface area contributed by atoms with Crippen LogP contribution in [0.3, 0.4) is 0 Å². The highest BCUT2D eigenvalue weighted by atomic mass is 16.2. The molecule has 0 unspecified atom stereocenters. The van der Waals surface area contributed by atoms with Gasteiger partial charge in [-0.1, -0.05) is 34.6 Å². The highest BCUT2D eigenvalue weighted by molar-refractivity contribution is 5.84. The Morgan fingerprint density at radius 2 is 1.68 bits per heavy atom. The molecular weight excluding hydrogens is 236 g/mol. The van der Waals surface area contributed by atoms with Crippen molar-refractivity contribution in [2.75, 3.05) is 19.6 Å². The number of hydrogen-bond donors (Lipinski definition) is 1. The maximum atomic E-state index is 12.6. The number of carbonyl (C=O) groups is 1. The Kier molecular flexibility index (Phi) is 3.97. The van der Waals surface area contributed by atoms with Gasteiger partial charge in [-0.15, -0.1) is 0 Å². The topological polar surface area (TPSA) is 32.3 Å². The van der Waals surface area contributed by atoms with Gasteiger partial charge in [0, 0.05) is 25.0 Å². The van der Waals surface area contributed by atoms with Gasteiger partial charge in [-0.3, -0.25) is 4.79 Å². The van der Waals surface area contributed by atoms with Gasteiger partial charge >= 0.3 is 0 Å². The molecule has 110 valence electrons. The summed E-state index contributed by atoms with van der Waals surface area (Å²) in [6, 6.07) is 0.615. The molecule has 3 nitrogen and oxygen atoms in total. The van der Waals surface area contributed by atoms with Crippen LogP contribution >= 0.6 is 0 Å². The van der Waals surface area contributed by atoms with Gasteiger partial charge in [0.05, 0.1) is 0 Å². The van der Waals surface area contributed by atoms with E-state index in [1.165, 1.54) is 6.42 Å². The molecule has 3 heteroatoms. The van der Waals surface area contributed by atoms with E-state index in [0.29, 0.717) is 11.9 Å². The zero-order valence-corrected chi connectivity index (χ0v) is 13.3. The smallest absolute Gasteiger partial charge is 0.226 e. The Labute approximate surface area is 118 Å². The average Bonchev–Trinajstić information content (AvgIpc) is 2.77. The van der Waals surface area contributed by atoms with Crippen LogP contribution in [0.2, 0.25) is 0 Å². The first kappa shape index (κ1) is 14.8. The van der Waals surface area contributed by atoms with E-state index in [2.05, 4.69) is 44.8 Å². The number of hydrogen-bond acceptors (Lipinski definition) is 2. The van der Waals surface area contributed by atoms with Crippen molar-refractivity contribution >= 4 is 5.91 Å². The van der Waals surface area contributed by atoms with E-state index >= 15 is 0 Å². The zero-order chi connectivity index (χ0) is 14.3. The molecule has 0 aromatic carbocycles. The Balaban J connectivity index is 1.84. The minimum absolute atomic E-state index is 0.168. The quantitative estimate of drug-likeness (QED) is 0.848. The van der Waals surface area contributed by atoms with Crippen molar-refractivity contribution < 1.29 is 4.79 Å². The van der Waals surface area contributed by atoms with Crippen LogP contribution in [0.25, 0.3) is 0 Å². The van der Waals surface area contributed by atoms with Crippen LogP contribution in [-0.4, -0.2) is 36.5 Å². The van der Waals surface area contributed by atoms with Crippen molar-refractivity contribution in [1.82, 2.24) is 10.2 Å². The lowest BCUT2D eigenvalue weighted by Crippen LogP contribution is -2.46. The van der Waals surface area contributed by atoms with Crippen molar-refractivity contribution in [3.8, 4) is 0 Å². The average molecular weight is 266 g/mol. The molecule has 0 aromatic heterocycles. The van der Waals surface area contributed by atoms with Crippen molar-refractivity contribution in [3.63, 3.8) is 0 Å². The summed E-state index contributed by atoms with van der Waals surface area (Å²) in [6.07, 6.45) is 3.40. The first-order valence-electron chi connectivity index (χ1n) is 7.84. The van der Waals surface area contributed by atoms with Crippen molar-refractivity contribution in [2.45, 2.75) is 59.9 Å². The minimum atomic E-state index is 0.168. The molecule has 1 saturated carbocycles. The number of carbonyl (C=O) groups excluding carboxylic acids is 1. The van der Waals surface area contributed by atoms with Gasteiger partial charge in [-0.2, -0.15) is 0 Å². The SMILES string of the molecule is CCCNC1CCN(C(=O)C2C(C)(C)C2(C)C)CC1. The molecule has 1 aliphatic carbocycles. The predicted molar refractivity (Wildman–Crippen MR) is 78.9 cm³/mol. The summed E-state index contributed by atoms with van der Waals surface area (Å²) < 4.78 is 0. The lowest BCUT2D eigenvalue weighted by molar-refractivity contribution is -0.135. The van der Waals surface area contributed by atoms with Gasteiger partial charge in [0.25, 0.3) is 0 Å². The number of likely N-dealkylation sites (tertiary alicyclic amines) is 1. The zero-order valence-electron chi connectivity index (χ0n) is 13.3. The monoisotopic (exact) mass is 266 g/mol. The fourth-order valence-electron chi connectivity index (χ4n) is 3.65. The molecule has 0 spiro atoms. The molecule has 0 radical (unpaired) electrons. The first-order chi connectivity index (χ1) is 8.82. The van der Waals surface area contributed by atoms with Gasteiger partial charge in [0.15, 0.2) is 0 Å². The highest BCUT2D eigenvalue weighted by Crippen LogP contribution is 2.68. The van der Waals surface area contributed by atoms with E-state index in [4.69, 9.17) is 0 Å². The van der Waals surface area contributed by atoms with Crippen molar-refractivity contribution in [2.24, 2.45) is 16.7 Å². The van der Waals surface area contributed by atoms with Gasteiger partial charge in [0.2, 0.25) is 5.91 Å². The summed E-state index contributed by atoms with van der Waals surface area (Å²) in [5.41, 5.74) is 0.336. The Hall–Kier alpha value is -0.570. The third-order valence-electron chi connectivity index (χ3n) is 5.76. The normalized spacial score (nSPS) is 26.5. The van der Waals surface area contributed by atoms with Crippen molar-refractivity contribution in [3.05, 3.63) is 0 Å². The summed E-state index contributed by atoms with van der Waals surface area (Å²) in [4.78, 5) is 14.7. The highest BCUT2D eigenvalue weighted by Gasteiger charge is 2.68. The third kappa shape index (κ3) is 2.54. The Morgan fingerprint density at radius 1 is 1.16 bits per heavy atom. The van der Waals surface area contributed by atoms with Crippen LogP contribution in [0.1, 0.15) is 53.9 Å². The summed E-state index contributed by atoms with van der Waals surface area (Å²) in [5, 5.41) is 3.57. The number of rotatable bonds is 4. The molecule has 0 atom stereocenters. The molecule has 1 saturated heterocycles. The molecule has 1 N–H and O–H groups in total. The van der Waals surface area contributed by atoms with E-state index in [0.717, 1.165) is 32.5 Å². The van der Waals surface area contributed by atoms with E-state index in [9.17, 15) is 4.79 Å². The fourth-order valence-corrected chi connectivity index (χ4v) is 3.65. The second-order valence-corrected chi connectivity index (χ2v) is 7.43. The van der Waals surface area contributed by atoms with Crippen LogP contribution in [0.5, 0.6) is 0 Å². The molecular formula is C16H30N2O. The van der Waals surface area contributed by atoms with E-state index in [-0.39, 0.29) is 16.7 Å². The first-order valence-corrected chi connectivity index (χ1v) is 7.84. The molecule has 1 heterocycles. The maximum absolute atomic E-state index is 12.6. The van der Waals surface area contributed by atoms with Gasteiger partial charge in [-0.05, 0) is 36.6 Å². The van der Waals surface area contributed by atoms with E-state index < -0.39 is 0 Å². The van der Waals surface area contributed by atoms with E-state index in [1.54, 1.807) is 0 Å². The standard InChI is InChI=1S/C16H30N2O/c1-6-9-17-12-7-10-18(11-8-12)14(19)13-15(2,3)16(13,4)5/h12-13,17H,6-11H2,1-5H3. The summed E-state index contributed by atoms with van der Waals surface area (Å²) in [7, 11) is 0. The fraction of sp³-hybridized carbons (Fsp3) is 0.938. The second-order valence-electron chi connectivity index (χ2n) is 7.43. The van der Waals surface area contributed by atoms with Crippen LogP contribution in [0.4, 0.5) is 0 Å². The molecule has 2 aliphatic rings. The molecule has 1 amide bonds. The summed E-state index contributed by atoms with van der Waals surface area (Å²) in [5.74, 6) is 0.615. The lowest BCUT2D eigenvalue weighted by atomic mass is 10.0. The van der Waals surface area contributed by atoms with Crippen LogP contribution < -0.4 is 5.32 Å². The summed E-state index contributed by atoms with van der Waals surface area (Å²) >= 11 is 0.